The molecule has 1 aromatic carbocycles. The zero-order chi connectivity index (χ0) is 11.5. The Bertz CT molecular complexity index is 428. The maximum atomic E-state index is 8.95. The van der Waals surface area contributed by atoms with E-state index in [4.69, 9.17) is 33.2 Å². The van der Waals surface area contributed by atoms with E-state index in [9.17, 15) is 0 Å². The molecule has 84 valence electrons. The van der Waals surface area contributed by atoms with Crippen molar-refractivity contribution >= 4 is 23.2 Å². The van der Waals surface area contributed by atoms with E-state index >= 15 is 0 Å². The summed E-state index contributed by atoms with van der Waals surface area (Å²) in [5.41, 5.74) is 0. The first-order chi connectivity index (χ1) is 7.70. The van der Waals surface area contributed by atoms with Gasteiger partial charge in [0.15, 0.2) is 0 Å². The van der Waals surface area contributed by atoms with Gasteiger partial charge in [-0.05, 0) is 31.4 Å². The maximum Gasteiger partial charge on any atom is 0.139 e. The molecule has 2 atom stereocenters. The van der Waals surface area contributed by atoms with Crippen molar-refractivity contribution in [3.8, 4) is 11.8 Å². The summed E-state index contributed by atoms with van der Waals surface area (Å²) in [7, 11) is 0. The molecule has 2 rings (SSSR count). The number of ether oxygens (including phenoxy) is 1. The van der Waals surface area contributed by atoms with Crippen molar-refractivity contribution in [1.29, 1.82) is 5.26 Å². The molecule has 1 saturated carbocycles. The van der Waals surface area contributed by atoms with Crippen LogP contribution in [-0.2, 0) is 0 Å². The van der Waals surface area contributed by atoms with E-state index in [-0.39, 0.29) is 12.0 Å². The fourth-order valence-electron chi connectivity index (χ4n) is 1.95. The predicted molar refractivity (Wildman–Crippen MR) is 63.8 cm³/mol. The summed E-state index contributed by atoms with van der Waals surface area (Å²) in [4.78, 5) is 0. The highest BCUT2D eigenvalue weighted by molar-refractivity contribution is 6.34. The topological polar surface area (TPSA) is 33.0 Å². The molecular formula is C12H11Cl2NO. The van der Waals surface area contributed by atoms with Crippen LogP contribution in [0.2, 0.25) is 10.0 Å². The lowest BCUT2D eigenvalue weighted by Gasteiger charge is -2.17. The van der Waals surface area contributed by atoms with Crippen LogP contribution in [0.15, 0.2) is 18.2 Å². The number of rotatable bonds is 2. The van der Waals surface area contributed by atoms with E-state index in [0.29, 0.717) is 15.8 Å². The average molecular weight is 256 g/mol. The van der Waals surface area contributed by atoms with Gasteiger partial charge in [0.05, 0.1) is 17.0 Å². The zero-order valence-electron chi connectivity index (χ0n) is 8.62. The third-order valence-corrected chi connectivity index (χ3v) is 3.34. The van der Waals surface area contributed by atoms with E-state index in [1.807, 2.05) is 0 Å². The third kappa shape index (κ3) is 2.42. The molecule has 0 aromatic heterocycles. The Morgan fingerprint density at radius 3 is 2.88 bits per heavy atom. The lowest BCUT2D eigenvalue weighted by molar-refractivity contribution is 0.183. The molecule has 0 amide bonds. The first kappa shape index (κ1) is 11.6. The molecule has 4 heteroatoms. The van der Waals surface area contributed by atoms with Crippen LogP contribution in [0, 0.1) is 17.2 Å². The van der Waals surface area contributed by atoms with Gasteiger partial charge in [-0.2, -0.15) is 5.26 Å². The fraction of sp³-hybridized carbons (Fsp3) is 0.417. The third-order valence-electron chi connectivity index (χ3n) is 2.79. The number of halogens is 2. The standard InChI is InChI=1S/C12H11Cl2NO/c13-9-4-5-10(14)12(6-9)16-11-3-1-2-8(11)7-15/h4-6,8,11H,1-3H2. The van der Waals surface area contributed by atoms with Gasteiger partial charge in [-0.15, -0.1) is 0 Å². The average Bonchev–Trinajstić information content (AvgIpc) is 2.71. The summed E-state index contributed by atoms with van der Waals surface area (Å²) >= 11 is 11.9. The summed E-state index contributed by atoms with van der Waals surface area (Å²) in [6.45, 7) is 0. The van der Waals surface area contributed by atoms with Crippen LogP contribution in [0.5, 0.6) is 5.75 Å². The van der Waals surface area contributed by atoms with Crippen molar-refractivity contribution in [2.24, 2.45) is 5.92 Å². The molecule has 0 heterocycles. The van der Waals surface area contributed by atoms with Gasteiger partial charge in [0.2, 0.25) is 0 Å². The second-order valence-corrected chi connectivity index (χ2v) is 4.74. The highest BCUT2D eigenvalue weighted by Gasteiger charge is 2.29. The summed E-state index contributed by atoms with van der Waals surface area (Å²) in [6.07, 6.45) is 2.78. The molecule has 16 heavy (non-hydrogen) atoms. The molecule has 1 fully saturated rings. The van der Waals surface area contributed by atoms with Gasteiger partial charge in [-0.25, -0.2) is 0 Å². The van der Waals surface area contributed by atoms with E-state index < -0.39 is 0 Å². The second kappa shape index (κ2) is 4.95. The normalized spacial score (nSPS) is 24.1. The SMILES string of the molecule is N#CC1CCCC1Oc1cc(Cl)ccc1Cl. The molecule has 0 radical (unpaired) electrons. The Hall–Kier alpha value is -0.910. The fourth-order valence-corrected chi connectivity index (χ4v) is 2.27. The molecule has 0 aliphatic heterocycles. The van der Waals surface area contributed by atoms with Gasteiger partial charge >= 0.3 is 0 Å². The van der Waals surface area contributed by atoms with Crippen molar-refractivity contribution < 1.29 is 4.74 Å². The van der Waals surface area contributed by atoms with Gasteiger partial charge in [0.25, 0.3) is 0 Å². The Labute approximate surface area is 105 Å². The molecule has 0 spiro atoms. The quantitative estimate of drug-likeness (QED) is 0.799. The summed E-state index contributed by atoms with van der Waals surface area (Å²) in [5.74, 6) is 0.538. The minimum absolute atomic E-state index is 0.0324. The van der Waals surface area contributed by atoms with Crippen LogP contribution in [0.3, 0.4) is 0 Å². The zero-order valence-corrected chi connectivity index (χ0v) is 10.1. The van der Waals surface area contributed by atoms with Crippen LogP contribution in [0.4, 0.5) is 0 Å². The summed E-state index contributed by atoms with van der Waals surface area (Å²) in [6, 6.07) is 7.38. The molecule has 2 nitrogen and oxygen atoms in total. The van der Waals surface area contributed by atoms with Crippen molar-refractivity contribution in [2.75, 3.05) is 0 Å². The lowest BCUT2D eigenvalue weighted by atomic mass is 10.1. The molecule has 2 unspecified atom stereocenters. The van der Waals surface area contributed by atoms with Crippen molar-refractivity contribution in [3.63, 3.8) is 0 Å². The van der Waals surface area contributed by atoms with Gasteiger partial charge in [0.1, 0.15) is 11.9 Å². The molecular weight excluding hydrogens is 245 g/mol. The van der Waals surface area contributed by atoms with Crippen LogP contribution in [0.1, 0.15) is 19.3 Å². The van der Waals surface area contributed by atoms with Crippen molar-refractivity contribution in [2.45, 2.75) is 25.4 Å². The monoisotopic (exact) mass is 255 g/mol. The Morgan fingerprint density at radius 2 is 2.12 bits per heavy atom. The molecule has 0 N–H and O–H groups in total. The molecule has 1 aromatic rings. The lowest BCUT2D eigenvalue weighted by Crippen LogP contribution is -2.20. The van der Waals surface area contributed by atoms with Crippen LogP contribution >= 0.6 is 23.2 Å². The molecule has 1 aliphatic carbocycles. The number of nitrogens with zero attached hydrogens (tertiary/aromatic N) is 1. The van der Waals surface area contributed by atoms with Crippen LogP contribution < -0.4 is 4.74 Å². The van der Waals surface area contributed by atoms with Gasteiger partial charge in [0, 0.05) is 11.1 Å². The highest BCUT2D eigenvalue weighted by atomic mass is 35.5. The summed E-state index contributed by atoms with van der Waals surface area (Å²) in [5, 5.41) is 10.1. The van der Waals surface area contributed by atoms with Gasteiger partial charge in [-0.1, -0.05) is 23.2 Å². The number of nitriles is 1. The summed E-state index contributed by atoms with van der Waals surface area (Å²) < 4.78 is 5.75. The van der Waals surface area contributed by atoms with Gasteiger partial charge in [-0.3, -0.25) is 0 Å². The number of hydrogen-bond donors (Lipinski definition) is 0. The Morgan fingerprint density at radius 1 is 1.31 bits per heavy atom. The molecule has 0 bridgehead atoms. The van der Waals surface area contributed by atoms with Crippen molar-refractivity contribution in [1.82, 2.24) is 0 Å². The Kier molecular flexibility index (Phi) is 3.58. The Balaban J connectivity index is 2.14. The van der Waals surface area contributed by atoms with E-state index in [1.165, 1.54) is 0 Å². The van der Waals surface area contributed by atoms with Crippen LogP contribution in [0.25, 0.3) is 0 Å². The minimum Gasteiger partial charge on any atom is -0.487 e. The second-order valence-electron chi connectivity index (χ2n) is 3.90. The minimum atomic E-state index is -0.0547. The van der Waals surface area contributed by atoms with E-state index in [0.717, 1.165) is 19.3 Å². The largest absolute Gasteiger partial charge is 0.487 e. The first-order valence-electron chi connectivity index (χ1n) is 5.22. The highest BCUT2D eigenvalue weighted by Crippen LogP contribution is 2.34. The first-order valence-corrected chi connectivity index (χ1v) is 5.97. The van der Waals surface area contributed by atoms with Gasteiger partial charge < -0.3 is 4.74 Å². The maximum absolute atomic E-state index is 8.95. The smallest absolute Gasteiger partial charge is 0.139 e. The predicted octanol–water partition coefficient (Wildman–Crippen LogP) is 4.06. The molecule has 0 saturated heterocycles. The molecule has 1 aliphatic rings. The van der Waals surface area contributed by atoms with E-state index in [1.54, 1.807) is 18.2 Å². The van der Waals surface area contributed by atoms with Crippen LogP contribution in [-0.4, -0.2) is 6.10 Å². The number of benzene rings is 1. The van der Waals surface area contributed by atoms with Crippen molar-refractivity contribution in [3.05, 3.63) is 28.2 Å². The van der Waals surface area contributed by atoms with E-state index in [2.05, 4.69) is 6.07 Å². The number of hydrogen-bond acceptors (Lipinski definition) is 2.